The van der Waals surface area contributed by atoms with Crippen molar-refractivity contribution < 1.29 is 9.53 Å². The number of benzene rings is 1. The number of nitrogens with two attached hydrogens (primary N) is 1. The molecule has 1 aromatic carbocycles. The molecule has 0 spiro atoms. The summed E-state index contributed by atoms with van der Waals surface area (Å²) in [6.07, 6.45) is 2.77. The number of hydrogen-bond acceptors (Lipinski definition) is 3. The molecule has 2 rings (SSSR count). The third kappa shape index (κ3) is 3.15. The monoisotopic (exact) mass is 268 g/mol. The second-order valence-electron chi connectivity index (χ2n) is 4.59. The van der Waals surface area contributed by atoms with Crippen molar-refractivity contribution in [3.05, 3.63) is 28.8 Å². The number of nitrogens with one attached hydrogen (secondary N) is 1. The molecule has 1 aromatic rings. The van der Waals surface area contributed by atoms with Gasteiger partial charge >= 0.3 is 0 Å². The van der Waals surface area contributed by atoms with E-state index < -0.39 is 5.91 Å². The molecule has 3 N–H and O–H groups in total. The quantitative estimate of drug-likeness (QED) is 0.881. The molecule has 2 atom stereocenters. The summed E-state index contributed by atoms with van der Waals surface area (Å²) in [5.74, 6) is -0.514. The first-order chi connectivity index (χ1) is 8.56. The Kier molecular flexibility index (Phi) is 4.09. The van der Waals surface area contributed by atoms with Crippen LogP contribution in [-0.4, -0.2) is 24.7 Å². The summed E-state index contributed by atoms with van der Waals surface area (Å²) in [6, 6.07) is 5.13. The first kappa shape index (κ1) is 13.2. The summed E-state index contributed by atoms with van der Waals surface area (Å²) < 4.78 is 5.71. The van der Waals surface area contributed by atoms with Crippen LogP contribution in [-0.2, 0) is 4.74 Å². The second kappa shape index (κ2) is 5.59. The SMILES string of the molecule is CC1CCC(CNc2ccc(C(N)=O)c(Cl)c2)O1. The average Bonchev–Trinajstić information content (AvgIpc) is 2.72. The number of anilines is 1. The van der Waals surface area contributed by atoms with Gasteiger partial charge in [-0.2, -0.15) is 0 Å². The molecular weight excluding hydrogens is 252 g/mol. The zero-order valence-corrected chi connectivity index (χ0v) is 11.0. The highest BCUT2D eigenvalue weighted by molar-refractivity contribution is 6.34. The van der Waals surface area contributed by atoms with Gasteiger partial charge in [0.25, 0.3) is 0 Å². The Balaban J connectivity index is 1.94. The van der Waals surface area contributed by atoms with E-state index in [1.807, 2.05) is 0 Å². The van der Waals surface area contributed by atoms with E-state index in [-0.39, 0.29) is 6.10 Å². The van der Waals surface area contributed by atoms with Crippen molar-refractivity contribution in [2.75, 3.05) is 11.9 Å². The normalized spacial score (nSPS) is 23.0. The standard InChI is InChI=1S/C13H17ClN2O2/c1-8-2-4-10(18-8)7-16-9-3-5-11(13(15)17)12(14)6-9/h3,5-6,8,10,16H,2,4,7H2,1H3,(H2,15,17). The minimum absolute atomic E-state index is 0.245. The van der Waals surface area contributed by atoms with Gasteiger partial charge in [-0.3, -0.25) is 4.79 Å². The molecule has 1 saturated heterocycles. The number of halogens is 1. The molecule has 0 aromatic heterocycles. The summed E-state index contributed by atoms with van der Waals surface area (Å²) in [5, 5.41) is 3.62. The van der Waals surface area contributed by atoms with Gasteiger partial charge in [-0.25, -0.2) is 0 Å². The van der Waals surface area contributed by atoms with Crippen molar-refractivity contribution in [2.45, 2.75) is 32.0 Å². The maximum absolute atomic E-state index is 11.0. The zero-order chi connectivity index (χ0) is 13.1. The molecule has 0 aliphatic carbocycles. The number of carbonyl (C=O) groups excluding carboxylic acids is 1. The van der Waals surface area contributed by atoms with Gasteiger partial charge in [-0.15, -0.1) is 0 Å². The van der Waals surface area contributed by atoms with Crippen molar-refractivity contribution in [3.8, 4) is 0 Å². The van der Waals surface area contributed by atoms with Crippen LogP contribution in [0.5, 0.6) is 0 Å². The van der Waals surface area contributed by atoms with Gasteiger partial charge in [0.1, 0.15) is 0 Å². The molecule has 98 valence electrons. The molecular formula is C13H17ClN2O2. The molecule has 1 aliphatic heterocycles. The minimum Gasteiger partial charge on any atom is -0.382 e. The zero-order valence-electron chi connectivity index (χ0n) is 10.3. The van der Waals surface area contributed by atoms with Crippen molar-refractivity contribution in [3.63, 3.8) is 0 Å². The van der Waals surface area contributed by atoms with Gasteiger partial charge in [-0.1, -0.05) is 11.6 Å². The number of primary amides is 1. The Bertz CT molecular complexity index is 451. The summed E-state index contributed by atoms with van der Waals surface area (Å²) in [5.41, 5.74) is 6.40. The van der Waals surface area contributed by atoms with Crippen LogP contribution in [0.15, 0.2) is 18.2 Å². The third-order valence-corrected chi connectivity index (χ3v) is 3.40. The largest absolute Gasteiger partial charge is 0.382 e. The lowest BCUT2D eigenvalue weighted by Crippen LogP contribution is -2.20. The first-order valence-corrected chi connectivity index (χ1v) is 6.42. The van der Waals surface area contributed by atoms with Crippen LogP contribution in [0.3, 0.4) is 0 Å². The number of amides is 1. The second-order valence-corrected chi connectivity index (χ2v) is 4.99. The average molecular weight is 269 g/mol. The number of rotatable bonds is 4. The molecule has 1 heterocycles. The Morgan fingerprint density at radius 3 is 2.89 bits per heavy atom. The minimum atomic E-state index is -0.514. The van der Waals surface area contributed by atoms with Crippen LogP contribution in [0.25, 0.3) is 0 Å². The lowest BCUT2D eigenvalue weighted by Gasteiger charge is -2.13. The maximum atomic E-state index is 11.0. The van der Waals surface area contributed by atoms with Gasteiger partial charge in [0.05, 0.1) is 22.8 Å². The summed E-state index contributed by atoms with van der Waals surface area (Å²) >= 11 is 5.97. The Morgan fingerprint density at radius 2 is 2.33 bits per heavy atom. The van der Waals surface area contributed by atoms with Crippen LogP contribution in [0.4, 0.5) is 5.69 Å². The van der Waals surface area contributed by atoms with Gasteiger partial charge in [0.2, 0.25) is 5.91 Å². The molecule has 1 aliphatic rings. The van der Waals surface area contributed by atoms with Crippen molar-refractivity contribution in [1.29, 1.82) is 0 Å². The van der Waals surface area contributed by atoms with Gasteiger partial charge in [0.15, 0.2) is 0 Å². The van der Waals surface area contributed by atoms with E-state index in [0.717, 1.165) is 25.1 Å². The molecule has 18 heavy (non-hydrogen) atoms. The summed E-state index contributed by atoms with van der Waals surface area (Å²) in [6.45, 7) is 2.83. The molecule has 2 unspecified atom stereocenters. The van der Waals surface area contributed by atoms with E-state index in [1.54, 1.807) is 18.2 Å². The fourth-order valence-corrected chi connectivity index (χ4v) is 2.37. The smallest absolute Gasteiger partial charge is 0.250 e. The molecule has 1 fully saturated rings. The molecule has 1 amide bonds. The predicted molar refractivity (Wildman–Crippen MR) is 72.0 cm³/mol. The maximum Gasteiger partial charge on any atom is 0.250 e. The summed E-state index contributed by atoms with van der Waals surface area (Å²) in [4.78, 5) is 11.0. The highest BCUT2D eigenvalue weighted by Gasteiger charge is 2.21. The Labute approximate surface area is 111 Å². The highest BCUT2D eigenvalue weighted by Crippen LogP contribution is 2.22. The van der Waals surface area contributed by atoms with Crippen LogP contribution in [0.1, 0.15) is 30.1 Å². The van der Waals surface area contributed by atoms with Crippen LogP contribution >= 0.6 is 11.6 Å². The fraction of sp³-hybridized carbons (Fsp3) is 0.462. The van der Waals surface area contributed by atoms with Gasteiger partial charge in [-0.05, 0) is 38.0 Å². The first-order valence-electron chi connectivity index (χ1n) is 6.05. The van der Waals surface area contributed by atoms with Crippen molar-refractivity contribution in [1.82, 2.24) is 0 Å². The molecule has 0 radical (unpaired) electrons. The molecule has 5 heteroatoms. The topological polar surface area (TPSA) is 64.3 Å². The third-order valence-electron chi connectivity index (χ3n) is 3.09. The lowest BCUT2D eigenvalue weighted by molar-refractivity contribution is 0.0637. The van der Waals surface area contributed by atoms with Crippen LogP contribution < -0.4 is 11.1 Å². The van der Waals surface area contributed by atoms with E-state index >= 15 is 0 Å². The van der Waals surface area contributed by atoms with E-state index in [9.17, 15) is 4.79 Å². The predicted octanol–water partition coefficient (Wildman–Crippen LogP) is 2.42. The van der Waals surface area contributed by atoms with E-state index in [4.69, 9.17) is 22.1 Å². The van der Waals surface area contributed by atoms with E-state index in [0.29, 0.717) is 16.7 Å². The van der Waals surface area contributed by atoms with Crippen molar-refractivity contribution in [2.24, 2.45) is 5.73 Å². The molecule has 4 nitrogen and oxygen atoms in total. The van der Waals surface area contributed by atoms with Crippen LogP contribution in [0, 0.1) is 0 Å². The van der Waals surface area contributed by atoms with Gasteiger partial charge in [0, 0.05) is 12.2 Å². The number of carbonyl (C=O) groups is 1. The number of ether oxygens (including phenoxy) is 1. The fourth-order valence-electron chi connectivity index (χ4n) is 2.09. The van der Waals surface area contributed by atoms with Crippen LogP contribution in [0.2, 0.25) is 5.02 Å². The van der Waals surface area contributed by atoms with E-state index in [1.165, 1.54) is 0 Å². The van der Waals surface area contributed by atoms with Gasteiger partial charge < -0.3 is 15.8 Å². The Hall–Kier alpha value is -1.26. The number of hydrogen-bond donors (Lipinski definition) is 2. The van der Waals surface area contributed by atoms with E-state index in [2.05, 4.69) is 12.2 Å². The molecule has 0 bridgehead atoms. The Morgan fingerprint density at radius 1 is 1.56 bits per heavy atom. The highest BCUT2D eigenvalue weighted by atomic mass is 35.5. The van der Waals surface area contributed by atoms with Crippen molar-refractivity contribution >= 4 is 23.2 Å². The molecule has 0 saturated carbocycles. The lowest BCUT2D eigenvalue weighted by atomic mass is 10.2. The summed E-state index contributed by atoms with van der Waals surface area (Å²) in [7, 11) is 0.